The summed E-state index contributed by atoms with van der Waals surface area (Å²) in [6.45, 7) is 3.53. The minimum absolute atomic E-state index is 0. The number of hydrogen-bond donors (Lipinski definition) is 2. The van der Waals surface area contributed by atoms with Crippen LogP contribution in [0.3, 0.4) is 0 Å². The molecule has 0 atom stereocenters. The maximum atomic E-state index is 10.6. The van der Waals surface area contributed by atoms with E-state index >= 15 is 0 Å². The zero-order valence-electron chi connectivity index (χ0n) is 6.34. The molecule has 0 spiro atoms. The van der Waals surface area contributed by atoms with Gasteiger partial charge in [0.1, 0.15) is 0 Å². The van der Waals surface area contributed by atoms with E-state index in [0.717, 1.165) is 11.1 Å². The Morgan fingerprint density at radius 3 is 2.45 bits per heavy atom. The predicted molar refractivity (Wildman–Crippen MR) is 48.5 cm³/mol. The van der Waals surface area contributed by atoms with Crippen molar-refractivity contribution in [3.63, 3.8) is 0 Å². The molecular weight excluding hydrogens is 210 g/mol. The number of hydrogen-bond acceptors (Lipinski definition) is 2. The molecule has 0 aliphatic carbocycles. The highest BCUT2D eigenvalue weighted by Gasteiger charge is 1.98. The summed E-state index contributed by atoms with van der Waals surface area (Å²) in [5, 5.41) is 9.03. The van der Waals surface area contributed by atoms with E-state index in [9.17, 15) is 4.79 Å². The van der Waals surface area contributed by atoms with Gasteiger partial charge in [-0.1, -0.05) is 0 Å². The zero-order valence-corrected chi connectivity index (χ0v) is 8.05. The Morgan fingerprint density at radius 1 is 1.45 bits per heavy atom. The van der Waals surface area contributed by atoms with Crippen LogP contribution in [0.1, 0.15) is 11.1 Å². The van der Waals surface area contributed by atoms with Crippen LogP contribution in [-0.4, -0.2) is 10.1 Å². The number of aromatic amines is 1. The van der Waals surface area contributed by atoms with Crippen LogP contribution < -0.4 is 5.56 Å². The third kappa shape index (κ3) is 2.08. The van der Waals surface area contributed by atoms with Gasteiger partial charge in [-0.25, -0.2) is 0 Å². The number of H-pyrrole nitrogens is 1. The van der Waals surface area contributed by atoms with Crippen LogP contribution >= 0.6 is 17.0 Å². The third-order valence-electron chi connectivity index (χ3n) is 1.54. The summed E-state index contributed by atoms with van der Waals surface area (Å²) in [4.78, 5) is 12.9. The number of nitrogens with one attached hydrogen (secondary N) is 1. The van der Waals surface area contributed by atoms with Gasteiger partial charge < -0.3 is 5.11 Å². The average Bonchev–Trinajstić information content (AvgIpc) is 1.82. The van der Waals surface area contributed by atoms with E-state index in [0.29, 0.717) is 0 Å². The van der Waals surface area contributed by atoms with E-state index in [4.69, 9.17) is 5.11 Å². The van der Waals surface area contributed by atoms with Crippen molar-refractivity contribution < 1.29 is 5.11 Å². The van der Waals surface area contributed by atoms with Crippen LogP contribution in [0.5, 0.6) is 5.88 Å². The van der Waals surface area contributed by atoms with Crippen molar-refractivity contribution in [2.45, 2.75) is 13.8 Å². The minimum Gasteiger partial charge on any atom is -0.494 e. The van der Waals surface area contributed by atoms with Gasteiger partial charge >= 0.3 is 0 Å². The van der Waals surface area contributed by atoms with Crippen molar-refractivity contribution in [3.05, 3.63) is 27.5 Å². The number of aromatic nitrogens is 1. The lowest BCUT2D eigenvalue weighted by molar-refractivity contribution is 0.446. The molecule has 0 saturated heterocycles. The monoisotopic (exact) mass is 219 g/mol. The molecule has 0 amide bonds. The second kappa shape index (κ2) is 3.57. The van der Waals surface area contributed by atoms with Gasteiger partial charge in [0.2, 0.25) is 0 Å². The number of halogens is 1. The Labute approximate surface area is 74.8 Å². The van der Waals surface area contributed by atoms with Crippen LogP contribution in [0.15, 0.2) is 10.9 Å². The zero-order chi connectivity index (χ0) is 7.72. The normalized spacial score (nSPS) is 8.91. The second-order valence-electron chi connectivity index (χ2n) is 2.29. The van der Waals surface area contributed by atoms with Crippen LogP contribution in [0, 0.1) is 13.8 Å². The van der Waals surface area contributed by atoms with E-state index in [-0.39, 0.29) is 28.4 Å². The van der Waals surface area contributed by atoms with Crippen molar-refractivity contribution in [2.75, 3.05) is 0 Å². The molecule has 0 radical (unpaired) electrons. The molecule has 3 nitrogen and oxygen atoms in total. The van der Waals surface area contributed by atoms with Crippen molar-refractivity contribution in [1.82, 2.24) is 4.98 Å². The molecule has 0 fully saturated rings. The average molecular weight is 220 g/mol. The Bertz CT molecular complexity index is 280. The molecular formula is C7H10BrNO2. The number of aromatic hydroxyl groups is 1. The Balaban J connectivity index is 0.000001000. The lowest BCUT2D eigenvalue weighted by Crippen LogP contribution is -2.05. The fourth-order valence-corrected chi connectivity index (χ4v) is 0.738. The highest BCUT2D eigenvalue weighted by Crippen LogP contribution is 2.11. The molecule has 62 valence electrons. The smallest absolute Gasteiger partial charge is 0.250 e. The molecule has 1 rings (SSSR count). The largest absolute Gasteiger partial charge is 0.494 e. The summed E-state index contributed by atoms with van der Waals surface area (Å²) in [6.07, 6.45) is 0. The molecule has 4 heteroatoms. The standard InChI is InChI=1S/C7H9NO2.BrH/c1-4-3-6(9)8-7(10)5(4)2;/h3H,1-2H3,(H2,8,9,10);1H. The lowest BCUT2D eigenvalue weighted by Gasteiger charge is -1.99. The minimum atomic E-state index is -0.263. The maximum absolute atomic E-state index is 10.6. The number of pyridine rings is 1. The quantitative estimate of drug-likeness (QED) is 0.691. The van der Waals surface area contributed by atoms with E-state index in [1.807, 2.05) is 0 Å². The topological polar surface area (TPSA) is 53.1 Å². The molecule has 1 aromatic rings. The molecule has 11 heavy (non-hydrogen) atoms. The first-order valence-electron chi connectivity index (χ1n) is 3.01. The highest BCUT2D eigenvalue weighted by molar-refractivity contribution is 8.93. The van der Waals surface area contributed by atoms with Crippen molar-refractivity contribution >= 4 is 17.0 Å². The van der Waals surface area contributed by atoms with E-state index in [1.165, 1.54) is 6.07 Å². The lowest BCUT2D eigenvalue weighted by atomic mass is 10.2. The van der Waals surface area contributed by atoms with Crippen LogP contribution in [0.2, 0.25) is 0 Å². The molecule has 0 aromatic carbocycles. The molecule has 0 bridgehead atoms. The summed E-state index contributed by atoms with van der Waals surface area (Å²) in [7, 11) is 0. The van der Waals surface area contributed by atoms with E-state index < -0.39 is 0 Å². The summed E-state index contributed by atoms with van der Waals surface area (Å²) >= 11 is 0. The summed E-state index contributed by atoms with van der Waals surface area (Å²) < 4.78 is 0. The van der Waals surface area contributed by atoms with Gasteiger partial charge in [0.15, 0.2) is 5.88 Å². The summed E-state index contributed by atoms with van der Waals surface area (Å²) in [5.41, 5.74) is 1.27. The second-order valence-corrected chi connectivity index (χ2v) is 2.29. The molecule has 0 aliphatic rings. The number of rotatable bonds is 0. The van der Waals surface area contributed by atoms with Gasteiger partial charge in [0, 0.05) is 11.6 Å². The summed E-state index contributed by atoms with van der Waals surface area (Å²) in [5.74, 6) is -0.0370. The van der Waals surface area contributed by atoms with Gasteiger partial charge in [-0.15, -0.1) is 17.0 Å². The maximum Gasteiger partial charge on any atom is 0.250 e. The molecule has 1 heterocycles. The van der Waals surface area contributed by atoms with Crippen molar-refractivity contribution in [3.8, 4) is 5.88 Å². The fourth-order valence-electron chi connectivity index (χ4n) is 0.738. The molecule has 0 aliphatic heterocycles. The number of aryl methyl sites for hydroxylation is 1. The summed E-state index contributed by atoms with van der Waals surface area (Å²) in [6, 6.07) is 1.45. The van der Waals surface area contributed by atoms with Crippen LogP contribution in [0.4, 0.5) is 0 Å². The van der Waals surface area contributed by atoms with Gasteiger partial charge in [-0.05, 0) is 19.4 Å². The predicted octanol–water partition coefficient (Wildman–Crippen LogP) is 1.28. The SMILES string of the molecule is Br.Cc1cc(=O)[nH]c(O)c1C. The van der Waals surface area contributed by atoms with Crippen LogP contribution in [-0.2, 0) is 0 Å². The third-order valence-corrected chi connectivity index (χ3v) is 1.54. The molecule has 0 unspecified atom stereocenters. The van der Waals surface area contributed by atoms with Crippen LogP contribution in [0.25, 0.3) is 0 Å². The fraction of sp³-hybridized carbons (Fsp3) is 0.286. The first-order chi connectivity index (χ1) is 4.61. The van der Waals surface area contributed by atoms with Gasteiger partial charge in [0.25, 0.3) is 5.56 Å². The Hall–Kier alpha value is -0.770. The van der Waals surface area contributed by atoms with Gasteiger partial charge in [0.05, 0.1) is 0 Å². The van der Waals surface area contributed by atoms with Gasteiger partial charge in [-0.2, -0.15) is 0 Å². The van der Waals surface area contributed by atoms with E-state index in [2.05, 4.69) is 4.98 Å². The first-order valence-corrected chi connectivity index (χ1v) is 3.01. The van der Waals surface area contributed by atoms with Crippen molar-refractivity contribution in [2.24, 2.45) is 0 Å². The Kier molecular flexibility index (Phi) is 3.32. The van der Waals surface area contributed by atoms with Crippen molar-refractivity contribution in [1.29, 1.82) is 0 Å². The highest BCUT2D eigenvalue weighted by atomic mass is 79.9. The first kappa shape index (κ1) is 10.2. The van der Waals surface area contributed by atoms with E-state index in [1.54, 1.807) is 13.8 Å². The Morgan fingerprint density at radius 2 is 2.00 bits per heavy atom. The molecule has 2 N–H and O–H groups in total. The molecule has 0 saturated carbocycles. The molecule has 1 aromatic heterocycles. The van der Waals surface area contributed by atoms with Gasteiger partial charge in [-0.3, -0.25) is 9.78 Å².